The summed E-state index contributed by atoms with van der Waals surface area (Å²) in [5.74, 6) is -1.66. The van der Waals surface area contributed by atoms with Gasteiger partial charge in [0.05, 0.1) is 6.42 Å². The number of benzene rings is 2. The van der Waals surface area contributed by atoms with Gasteiger partial charge in [-0.3, -0.25) is 14.5 Å². The van der Waals surface area contributed by atoms with Crippen LogP contribution in [-0.4, -0.2) is 52.8 Å². The van der Waals surface area contributed by atoms with Gasteiger partial charge in [-0.2, -0.15) is 0 Å². The zero-order valence-corrected chi connectivity index (χ0v) is 19.6. The fourth-order valence-electron chi connectivity index (χ4n) is 4.18. The third kappa shape index (κ3) is 6.08. The van der Waals surface area contributed by atoms with Crippen molar-refractivity contribution in [1.29, 1.82) is 0 Å². The number of carboxylic acid groups (broad SMARTS) is 1. The molecular formula is C25H29F3N2O4. The van der Waals surface area contributed by atoms with Crippen LogP contribution in [0.5, 0.6) is 5.75 Å². The molecule has 3 rings (SSSR count). The molecule has 0 aromatic heterocycles. The van der Waals surface area contributed by atoms with Crippen molar-refractivity contribution in [2.24, 2.45) is 0 Å². The molecule has 1 heterocycles. The van der Waals surface area contributed by atoms with Gasteiger partial charge >= 0.3 is 12.3 Å². The molecule has 1 N–H and O–H groups in total. The number of rotatable bonds is 7. The monoisotopic (exact) mass is 478 g/mol. The van der Waals surface area contributed by atoms with Gasteiger partial charge in [0.2, 0.25) is 5.91 Å². The second-order valence-corrected chi connectivity index (χ2v) is 9.50. The molecule has 0 unspecified atom stereocenters. The molecule has 2 aromatic rings. The van der Waals surface area contributed by atoms with Crippen molar-refractivity contribution in [3.05, 3.63) is 65.2 Å². The second-order valence-electron chi connectivity index (χ2n) is 9.50. The maximum atomic E-state index is 13.2. The number of hydrogen-bond acceptors (Lipinski definition) is 4. The fraction of sp³-hybridized carbons (Fsp3) is 0.440. The SMILES string of the molecule is CN1[C@@H](CC(=O)O)C(=O)N(CCc2ccc(OC(F)(F)F)cc2)[C@@H]1c1ccc(C(C)(C)C)cc1. The summed E-state index contributed by atoms with van der Waals surface area (Å²) in [7, 11) is 1.73. The van der Waals surface area contributed by atoms with Crippen LogP contribution in [0.2, 0.25) is 0 Å². The number of likely N-dealkylation sites (N-methyl/N-ethyl adjacent to an activating group) is 1. The standard InChI is InChI=1S/C25H29F3N2O4/c1-24(2,3)18-9-7-17(8-10-18)22-29(4)20(15-21(31)32)23(33)30(22)14-13-16-5-11-19(12-6-16)34-25(26,27)28/h5-12,20,22H,13-15H2,1-4H3,(H,31,32)/t20-,22+/m0/s1. The number of carboxylic acids is 1. The Labute approximate surface area is 196 Å². The van der Waals surface area contributed by atoms with Crippen LogP contribution in [0.1, 0.15) is 50.0 Å². The molecule has 6 nitrogen and oxygen atoms in total. The fourth-order valence-corrected chi connectivity index (χ4v) is 4.18. The molecule has 0 radical (unpaired) electrons. The van der Waals surface area contributed by atoms with E-state index >= 15 is 0 Å². The van der Waals surface area contributed by atoms with E-state index in [1.807, 2.05) is 24.3 Å². The highest BCUT2D eigenvalue weighted by Crippen LogP contribution is 2.35. The van der Waals surface area contributed by atoms with Crippen molar-refractivity contribution in [2.45, 2.75) is 57.6 Å². The summed E-state index contributed by atoms with van der Waals surface area (Å²) in [6.45, 7) is 6.60. The predicted molar refractivity (Wildman–Crippen MR) is 120 cm³/mol. The first kappa shape index (κ1) is 25.6. The number of halogens is 3. The number of carbonyl (C=O) groups excluding carboxylic acids is 1. The minimum atomic E-state index is -4.76. The van der Waals surface area contributed by atoms with Crippen molar-refractivity contribution < 1.29 is 32.6 Å². The number of carbonyl (C=O) groups is 2. The summed E-state index contributed by atoms with van der Waals surface area (Å²) in [4.78, 5) is 27.9. The van der Waals surface area contributed by atoms with Gasteiger partial charge in [-0.05, 0) is 47.7 Å². The first-order valence-corrected chi connectivity index (χ1v) is 11.0. The molecule has 1 fully saturated rings. The van der Waals surface area contributed by atoms with Gasteiger partial charge in [0.25, 0.3) is 0 Å². The minimum Gasteiger partial charge on any atom is -0.481 e. The Morgan fingerprint density at radius 1 is 1.03 bits per heavy atom. The molecule has 1 aliphatic rings. The Bertz CT molecular complexity index is 1010. The Hall–Kier alpha value is -3.07. The van der Waals surface area contributed by atoms with Crippen LogP contribution in [0.25, 0.3) is 0 Å². The molecule has 2 aromatic carbocycles. The Morgan fingerprint density at radius 2 is 1.62 bits per heavy atom. The topological polar surface area (TPSA) is 70.1 Å². The molecule has 1 amide bonds. The molecule has 0 spiro atoms. The highest BCUT2D eigenvalue weighted by Gasteiger charge is 2.45. The van der Waals surface area contributed by atoms with Gasteiger partial charge in [-0.1, -0.05) is 57.2 Å². The average Bonchev–Trinajstić information content (AvgIpc) is 2.95. The van der Waals surface area contributed by atoms with E-state index in [0.29, 0.717) is 6.42 Å². The molecule has 0 aliphatic carbocycles. The van der Waals surface area contributed by atoms with Gasteiger partial charge in [0, 0.05) is 6.54 Å². The lowest BCUT2D eigenvalue weighted by molar-refractivity contribution is -0.274. The molecule has 2 atom stereocenters. The molecule has 34 heavy (non-hydrogen) atoms. The van der Waals surface area contributed by atoms with E-state index in [9.17, 15) is 27.9 Å². The Balaban J connectivity index is 1.82. The number of nitrogens with zero attached hydrogens (tertiary/aromatic N) is 2. The van der Waals surface area contributed by atoms with E-state index in [-0.39, 0.29) is 30.0 Å². The molecular weight excluding hydrogens is 449 g/mol. The second kappa shape index (κ2) is 9.66. The first-order valence-electron chi connectivity index (χ1n) is 11.0. The predicted octanol–water partition coefficient (Wildman–Crippen LogP) is 4.74. The average molecular weight is 479 g/mol. The van der Waals surface area contributed by atoms with Crippen LogP contribution in [0.15, 0.2) is 48.5 Å². The van der Waals surface area contributed by atoms with E-state index in [0.717, 1.165) is 16.7 Å². The summed E-state index contributed by atoms with van der Waals surface area (Å²) in [6.07, 6.45) is -5.13. The Morgan fingerprint density at radius 3 is 2.12 bits per heavy atom. The highest BCUT2D eigenvalue weighted by molar-refractivity contribution is 5.88. The highest BCUT2D eigenvalue weighted by atomic mass is 19.4. The van der Waals surface area contributed by atoms with E-state index in [1.54, 1.807) is 16.8 Å². The van der Waals surface area contributed by atoms with Gasteiger partial charge < -0.3 is 14.7 Å². The number of alkyl halides is 3. The largest absolute Gasteiger partial charge is 0.573 e. The zero-order chi connectivity index (χ0) is 25.3. The third-order valence-corrected chi connectivity index (χ3v) is 5.98. The van der Waals surface area contributed by atoms with Crippen molar-refractivity contribution in [1.82, 2.24) is 9.80 Å². The van der Waals surface area contributed by atoms with Crippen molar-refractivity contribution in [3.8, 4) is 5.75 Å². The van der Waals surface area contributed by atoms with Crippen LogP contribution >= 0.6 is 0 Å². The summed E-state index contributed by atoms with van der Waals surface area (Å²) in [5.41, 5.74) is 2.70. The quantitative estimate of drug-likeness (QED) is 0.623. The summed E-state index contributed by atoms with van der Waals surface area (Å²) < 4.78 is 41.0. The van der Waals surface area contributed by atoms with E-state index in [1.165, 1.54) is 24.3 Å². The van der Waals surface area contributed by atoms with Crippen molar-refractivity contribution in [2.75, 3.05) is 13.6 Å². The lowest BCUT2D eigenvalue weighted by Gasteiger charge is -2.29. The summed E-state index contributed by atoms with van der Waals surface area (Å²) >= 11 is 0. The first-order chi connectivity index (χ1) is 15.8. The van der Waals surface area contributed by atoms with Crippen LogP contribution in [0, 0.1) is 0 Å². The maximum Gasteiger partial charge on any atom is 0.573 e. The zero-order valence-electron chi connectivity index (χ0n) is 19.6. The Kier molecular flexibility index (Phi) is 7.26. The number of ether oxygens (including phenoxy) is 1. The maximum absolute atomic E-state index is 13.2. The van der Waals surface area contributed by atoms with Gasteiger partial charge in [-0.25, -0.2) is 0 Å². The molecule has 0 saturated carbocycles. The lowest BCUT2D eigenvalue weighted by Crippen LogP contribution is -2.34. The third-order valence-electron chi connectivity index (χ3n) is 5.98. The molecule has 184 valence electrons. The number of aliphatic carboxylic acids is 1. The lowest BCUT2D eigenvalue weighted by atomic mass is 9.86. The van der Waals surface area contributed by atoms with Gasteiger partial charge in [0.15, 0.2) is 0 Å². The normalized spacial score (nSPS) is 19.5. The van der Waals surface area contributed by atoms with E-state index < -0.39 is 24.5 Å². The molecule has 1 aliphatic heterocycles. The van der Waals surface area contributed by atoms with Crippen LogP contribution in [0.3, 0.4) is 0 Å². The smallest absolute Gasteiger partial charge is 0.481 e. The number of amides is 1. The van der Waals surface area contributed by atoms with E-state index in [4.69, 9.17) is 0 Å². The van der Waals surface area contributed by atoms with Crippen molar-refractivity contribution >= 4 is 11.9 Å². The van der Waals surface area contributed by atoms with Crippen LogP contribution < -0.4 is 4.74 Å². The molecule has 1 saturated heterocycles. The van der Waals surface area contributed by atoms with Crippen LogP contribution in [0.4, 0.5) is 13.2 Å². The molecule has 9 heteroatoms. The number of hydrogen-bond donors (Lipinski definition) is 1. The minimum absolute atomic E-state index is 0.0382. The van der Waals surface area contributed by atoms with E-state index in [2.05, 4.69) is 25.5 Å². The summed E-state index contributed by atoms with van der Waals surface area (Å²) in [6, 6.07) is 12.6. The molecule has 0 bridgehead atoms. The van der Waals surface area contributed by atoms with Gasteiger partial charge in [0.1, 0.15) is 18.0 Å². The van der Waals surface area contributed by atoms with Crippen molar-refractivity contribution in [3.63, 3.8) is 0 Å². The summed E-state index contributed by atoms with van der Waals surface area (Å²) in [5, 5.41) is 9.30. The van der Waals surface area contributed by atoms with Crippen LogP contribution in [-0.2, 0) is 21.4 Å². The van der Waals surface area contributed by atoms with Gasteiger partial charge in [-0.15, -0.1) is 13.2 Å².